The first-order chi connectivity index (χ1) is 19.6. The van der Waals surface area contributed by atoms with E-state index in [1.54, 1.807) is 12.1 Å². The molecule has 41 heavy (non-hydrogen) atoms. The molecule has 3 unspecified atom stereocenters. The Morgan fingerprint density at radius 2 is 1.46 bits per heavy atom. The van der Waals surface area contributed by atoms with Crippen molar-refractivity contribution in [1.82, 2.24) is 4.98 Å². The molecular formula is C33H31FNO5P. The molecule has 0 aliphatic heterocycles. The molecule has 0 saturated carbocycles. The number of carboxylic acid groups (broad SMARTS) is 1. The van der Waals surface area contributed by atoms with Gasteiger partial charge in [0.25, 0.3) is 0 Å². The Hall–Kier alpha value is -4.08. The number of rotatable bonds is 8. The molecule has 0 fully saturated rings. The Labute approximate surface area is 239 Å². The maximum Gasteiger partial charge on any atom is 0.334 e. The highest BCUT2D eigenvalue weighted by Crippen LogP contribution is 2.40. The van der Waals surface area contributed by atoms with Gasteiger partial charge in [0, 0.05) is 5.56 Å². The van der Waals surface area contributed by atoms with E-state index in [9.17, 15) is 28.9 Å². The van der Waals surface area contributed by atoms with Crippen molar-refractivity contribution in [3.05, 3.63) is 125 Å². The Morgan fingerprint density at radius 3 is 1.90 bits per heavy atom. The van der Waals surface area contributed by atoms with Crippen LogP contribution in [0.15, 0.2) is 91.0 Å². The highest BCUT2D eigenvalue weighted by atomic mass is 31.1. The molecule has 8 heteroatoms. The smallest absolute Gasteiger partial charge is 0.334 e. The highest BCUT2D eigenvalue weighted by molar-refractivity contribution is 7.42. The van der Waals surface area contributed by atoms with Crippen LogP contribution >= 0.6 is 8.03 Å². The topological polar surface area (TPSA) is 108 Å². The maximum absolute atomic E-state index is 13.9. The molecule has 1 heterocycles. The van der Waals surface area contributed by atoms with E-state index in [1.807, 2.05) is 80.6 Å². The maximum atomic E-state index is 13.9. The molecule has 0 radical (unpaired) electrons. The van der Waals surface area contributed by atoms with E-state index in [2.05, 4.69) is 11.8 Å². The van der Waals surface area contributed by atoms with Crippen molar-refractivity contribution < 1.29 is 28.9 Å². The Kier molecular flexibility index (Phi) is 9.20. The molecule has 0 spiro atoms. The second-order valence-electron chi connectivity index (χ2n) is 10.1. The van der Waals surface area contributed by atoms with Crippen molar-refractivity contribution in [1.29, 1.82) is 0 Å². The normalized spacial score (nSPS) is 14.1. The highest BCUT2D eigenvalue weighted by Gasteiger charge is 2.48. The van der Waals surface area contributed by atoms with Crippen LogP contribution in [0.1, 0.15) is 60.7 Å². The van der Waals surface area contributed by atoms with Crippen LogP contribution in [-0.2, 0) is 9.36 Å². The lowest BCUT2D eigenvalue weighted by Crippen LogP contribution is -2.43. The van der Waals surface area contributed by atoms with Crippen LogP contribution in [-0.4, -0.2) is 37.3 Å². The van der Waals surface area contributed by atoms with Gasteiger partial charge in [-0.1, -0.05) is 98.5 Å². The molecule has 6 nitrogen and oxygen atoms in total. The van der Waals surface area contributed by atoms with Crippen LogP contribution in [0, 0.1) is 17.7 Å². The van der Waals surface area contributed by atoms with Gasteiger partial charge in [-0.05, 0) is 47.7 Å². The van der Waals surface area contributed by atoms with Crippen molar-refractivity contribution in [3.8, 4) is 23.0 Å². The van der Waals surface area contributed by atoms with Crippen molar-refractivity contribution in [3.63, 3.8) is 0 Å². The first kappa shape index (κ1) is 29.9. The SMILES string of the molecule is CC(C)c1nc(C(c2ccccc2)c2ccccc2)cc(-c2ccc(F)cc2)c1C#CC(C(=O)O)(C(C)O)[PH](=O)O. The number of carbonyl (C=O) groups is 1. The molecule has 4 rings (SSSR count). The van der Waals surface area contributed by atoms with Crippen molar-refractivity contribution >= 4 is 14.0 Å². The van der Waals surface area contributed by atoms with Gasteiger partial charge >= 0.3 is 5.97 Å². The minimum Gasteiger partial charge on any atom is -0.480 e. The monoisotopic (exact) mass is 571 g/mol. The van der Waals surface area contributed by atoms with E-state index in [4.69, 9.17) is 4.98 Å². The fourth-order valence-corrected chi connectivity index (χ4v) is 5.50. The first-order valence-electron chi connectivity index (χ1n) is 13.1. The van der Waals surface area contributed by atoms with Gasteiger partial charge in [-0.3, -0.25) is 9.55 Å². The molecule has 0 aliphatic carbocycles. The number of halogens is 1. The molecule has 3 N–H and O–H groups in total. The van der Waals surface area contributed by atoms with E-state index in [0.29, 0.717) is 28.1 Å². The summed E-state index contributed by atoms with van der Waals surface area (Å²) in [6.45, 7) is 4.96. The molecule has 3 atom stereocenters. The largest absolute Gasteiger partial charge is 0.480 e. The van der Waals surface area contributed by atoms with Crippen molar-refractivity contribution in [2.45, 2.75) is 43.9 Å². The Bertz CT molecular complexity index is 1560. The number of pyridine rings is 1. The fourth-order valence-electron chi connectivity index (χ4n) is 4.79. The molecule has 3 aromatic carbocycles. The molecule has 0 aliphatic rings. The van der Waals surface area contributed by atoms with Gasteiger partial charge in [0.15, 0.2) is 0 Å². The van der Waals surface area contributed by atoms with E-state index in [0.717, 1.165) is 18.1 Å². The Balaban J connectivity index is 2.08. The third-order valence-corrected chi connectivity index (χ3v) is 8.45. The van der Waals surface area contributed by atoms with Gasteiger partial charge in [-0.2, -0.15) is 0 Å². The number of aliphatic hydroxyl groups is 1. The number of hydrogen-bond acceptors (Lipinski definition) is 4. The first-order valence-corrected chi connectivity index (χ1v) is 14.5. The summed E-state index contributed by atoms with van der Waals surface area (Å²) in [6, 6.07) is 27.4. The lowest BCUT2D eigenvalue weighted by Gasteiger charge is -2.24. The molecule has 1 aromatic heterocycles. The molecule has 0 amide bonds. The van der Waals surface area contributed by atoms with Crippen LogP contribution in [0.25, 0.3) is 11.1 Å². The second-order valence-corrected chi connectivity index (χ2v) is 11.5. The minimum absolute atomic E-state index is 0.192. The average Bonchev–Trinajstić information content (AvgIpc) is 2.94. The van der Waals surface area contributed by atoms with Crippen molar-refractivity contribution in [2.24, 2.45) is 0 Å². The zero-order valence-corrected chi connectivity index (χ0v) is 23.9. The van der Waals surface area contributed by atoms with Crippen LogP contribution in [0.3, 0.4) is 0 Å². The lowest BCUT2D eigenvalue weighted by atomic mass is 9.85. The summed E-state index contributed by atoms with van der Waals surface area (Å²) in [7, 11) is -3.85. The van der Waals surface area contributed by atoms with Crippen LogP contribution in [0.4, 0.5) is 4.39 Å². The number of nitrogens with zero attached hydrogens (tertiary/aromatic N) is 1. The van der Waals surface area contributed by atoms with Gasteiger partial charge in [-0.15, -0.1) is 0 Å². The molecule has 210 valence electrons. The second kappa shape index (κ2) is 12.6. The zero-order chi connectivity index (χ0) is 29.7. The van der Waals surface area contributed by atoms with Crippen molar-refractivity contribution in [2.75, 3.05) is 0 Å². The zero-order valence-electron chi connectivity index (χ0n) is 22.9. The summed E-state index contributed by atoms with van der Waals surface area (Å²) < 4.78 is 26.2. The molecule has 0 saturated heterocycles. The summed E-state index contributed by atoms with van der Waals surface area (Å²) >= 11 is 0. The summed E-state index contributed by atoms with van der Waals surface area (Å²) in [4.78, 5) is 27.2. The van der Waals surface area contributed by atoms with E-state index < -0.39 is 31.1 Å². The third kappa shape index (κ3) is 6.16. The van der Waals surface area contributed by atoms with Crippen LogP contribution in [0.2, 0.25) is 0 Å². The van der Waals surface area contributed by atoms with Gasteiger partial charge < -0.3 is 15.1 Å². The predicted molar refractivity (Wildman–Crippen MR) is 158 cm³/mol. The number of aliphatic carboxylic acids is 1. The predicted octanol–water partition coefficient (Wildman–Crippen LogP) is 6.21. The number of aliphatic hydroxyl groups excluding tert-OH is 1. The molecular weight excluding hydrogens is 540 g/mol. The van der Waals surface area contributed by atoms with Gasteiger partial charge in [-0.25, -0.2) is 9.18 Å². The van der Waals surface area contributed by atoms with Gasteiger partial charge in [0.1, 0.15) is 5.82 Å². The van der Waals surface area contributed by atoms with E-state index in [-0.39, 0.29) is 11.8 Å². The number of carboxylic acids is 1. The summed E-state index contributed by atoms with van der Waals surface area (Å²) in [5.41, 5.74) is 4.75. The standard InChI is InChI=1S/C33H31FNO5P/c1-21(2)31-27(18-19-33(22(3)36,32(37)38)41(39)40)28(23-14-16-26(34)17-15-23)20-29(35-31)30(24-10-6-4-7-11-24)25-12-8-5-9-13-25/h4-17,20-22,30,36,41H,1-3H3,(H,37,38)(H,39,40). The number of benzene rings is 3. The molecule has 4 aromatic rings. The summed E-state index contributed by atoms with van der Waals surface area (Å²) in [5.74, 6) is 2.69. The Morgan fingerprint density at radius 1 is 0.927 bits per heavy atom. The quantitative estimate of drug-likeness (QED) is 0.171. The fraction of sp³-hybridized carbons (Fsp3) is 0.212. The van der Waals surface area contributed by atoms with Gasteiger partial charge in [0.05, 0.1) is 29.0 Å². The summed E-state index contributed by atoms with van der Waals surface area (Å²) in [6.07, 6.45) is -1.73. The third-order valence-electron chi connectivity index (χ3n) is 7.02. The average molecular weight is 572 g/mol. The van der Waals surface area contributed by atoms with Crippen LogP contribution in [0.5, 0.6) is 0 Å². The lowest BCUT2D eigenvalue weighted by molar-refractivity contribution is -0.141. The number of hydrogen-bond donors (Lipinski definition) is 3. The summed E-state index contributed by atoms with van der Waals surface area (Å²) in [5, 5.41) is 17.5. The molecule has 0 bridgehead atoms. The van der Waals surface area contributed by atoms with Gasteiger partial charge in [0.2, 0.25) is 13.2 Å². The number of aromatic nitrogens is 1. The minimum atomic E-state index is -3.85. The van der Waals surface area contributed by atoms with Crippen LogP contribution < -0.4 is 0 Å². The van der Waals surface area contributed by atoms with E-state index in [1.165, 1.54) is 12.1 Å². The van der Waals surface area contributed by atoms with E-state index >= 15 is 0 Å².